The highest BCUT2D eigenvalue weighted by Crippen LogP contribution is 2.21. The van der Waals surface area contributed by atoms with E-state index in [1.165, 1.54) is 43.1 Å². The molecule has 0 aliphatic rings. The van der Waals surface area contributed by atoms with Gasteiger partial charge in [0.15, 0.2) is 5.54 Å². The van der Waals surface area contributed by atoms with Gasteiger partial charge in [-0.2, -0.15) is 5.10 Å². The van der Waals surface area contributed by atoms with E-state index in [0.717, 1.165) is 5.56 Å². The van der Waals surface area contributed by atoms with Gasteiger partial charge in [0, 0.05) is 12.6 Å². The molecule has 128 valence electrons. The Bertz CT molecular complexity index is 738. The van der Waals surface area contributed by atoms with Gasteiger partial charge < -0.3 is 10.4 Å². The second kappa shape index (κ2) is 6.82. The monoisotopic (exact) mass is 333 g/mol. The first-order chi connectivity index (χ1) is 11.2. The fourth-order valence-corrected chi connectivity index (χ4v) is 2.19. The summed E-state index contributed by atoms with van der Waals surface area (Å²) in [5.41, 5.74) is 0.0968. The van der Waals surface area contributed by atoms with Crippen LogP contribution in [-0.4, -0.2) is 26.8 Å². The van der Waals surface area contributed by atoms with Gasteiger partial charge in [0.25, 0.3) is 0 Å². The number of amides is 1. The lowest BCUT2D eigenvalue weighted by Gasteiger charge is -2.19. The van der Waals surface area contributed by atoms with Crippen LogP contribution in [0.25, 0.3) is 0 Å². The standard InChI is InChI=1S/C17H20FN3O3/c1-11(12-4-6-13(18)7-5-12)8-15(22)20-14-9-19-21(10-14)17(2,3)16(23)24/h4-7,9-11H,8H2,1-3H3,(H,20,22)(H,23,24). The molecule has 0 bridgehead atoms. The summed E-state index contributed by atoms with van der Waals surface area (Å²) in [6.45, 7) is 4.92. The smallest absolute Gasteiger partial charge is 0.331 e. The second-order valence-electron chi connectivity index (χ2n) is 6.24. The fourth-order valence-electron chi connectivity index (χ4n) is 2.19. The molecule has 1 amide bonds. The van der Waals surface area contributed by atoms with Crippen molar-refractivity contribution in [3.8, 4) is 0 Å². The van der Waals surface area contributed by atoms with Gasteiger partial charge in [-0.15, -0.1) is 0 Å². The van der Waals surface area contributed by atoms with Gasteiger partial charge >= 0.3 is 5.97 Å². The van der Waals surface area contributed by atoms with Crippen molar-refractivity contribution in [2.45, 2.75) is 38.6 Å². The molecule has 0 aliphatic carbocycles. The van der Waals surface area contributed by atoms with Crippen LogP contribution in [0.3, 0.4) is 0 Å². The minimum absolute atomic E-state index is 0.0731. The zero-order valence-electron chi connectivity index (χ0n) is 13.8. The number of anilines is 1. The molecule has 24 heavy (non-hydrogen) atoms. The van der Waals surface area contributed by atoms with Crippen LogP contribution in [0.5, 0.6) is 0 Å². The first kappa shape index (κ1) is 17.7. The van der Waals surface area contributed by atoms with Crippen molar-refractivity contribution in [3.05, 3.63) is 48.0 Å². The first-order valence-electron chi connectivity index (χ1n) is 7.54. The summed E-state index contributed by atoms with van der Waals surface area (Å²) in [5, 5.41) is 15.9. The molecule has 1 aromatic heterocycles. The van der Waals surface area contributed by atoms with Crippen molar-refractivity contribution in [1.29, 1.82) is 0 Å². The number of halogens is 1. The maximum atomic E-state index is 12.9. The molecule has 0 fully saturated rings. The molecular weight excluding hydrogens is 313 g/mol. The summed E-state index contributed by atoms with van der Waals surface area (Å²) in [6, 6.07) is 6.03. The van der Waals surface area contributed by atoms with E-state index < -0.39 is 11.5 Å². The Morgan fingerprint density at radius 1 is 1.33 bits per heavy atom. The normalized spacial score (nSPS) is 12.7. The fraction of sp³-hybridized carbons (Fsp3) is 0.353. The summed E-state index contributed by atoms with van der Waals surface area (Å²) in [6.07, 6.45) is 3.11. The van der Waals surface area contributed by atoms with Crippen LogP contribution in [0.2, 0.25) is 0 Å². The Hall–Kier alpha value is -2.70. The topological polar surface area (TPSA) is 84.2 Å². The highest BCUT2D eigenvalue weighted by Gasteiger charge is 2.30. The van der Waals surface area contributed by atoms with Crippen LogP contribution in [0.4, 0.5) is 10.1 Å². The number of rotatable bonds is 6. The van der Waals surface area contributed by atoms with E-state index in [4.69, 9.17) is 0 Å². The Balaban J connectivity index is 1.99. The van der Waals surface area contributed by atoms with Crippen molar-refractivity contribution in [3.63, 3.8) is 0 Å². The molecule has 2 N–H and O–H groups in total. The highest BCUT2D eigenvalue weighted by atomic mass is 19.1. The van der Waals surface area contributed by atoms with E-state index in [2.05, 4.69) is 10.4 Å². The number of carbonyl (C=O) groups is 2. The Kier molecular flexibility index (Phi) is 5.02. The molecule has 1 atom stereocenters. The van der Waals surface area contributed by atoms with Crippen LogP contribution < -0.4 is 5.32 Å². The summed E-state index contributed by atoms with van der Waals surface area (Å²) in [4.78, 5) is 23.3. The lowest BCUT2D eigenvalue weighted by Crippen LogP contribution is -2.35. The van der Waals surface area contributed by atoms with Crippen molar-refractivity contribution < 1.29 is 19.1 Å². The number of hydrogen-bond acceptors (Lipinski definition) is 3. The molecule has 0 spiro atoms. The molecule has 6 nitrogen and oxygen atoms in total. The molecule has 1 unspecified atom stereocenters. The van der Waals surface area contributed by atoms with Crippen LogP contribution in [0.15, 0.2) is 36.7 Å². The van der Waals surface area contributed by atoms with Crippen molar-refractivity contribution in [2.75, 3.05) is 5.32 Å². The molecule has 0 radical (unpaired) electrons. The van der Waals surface area contributed by atoms with Gasteiger partial charge in [0.05, 0.1) is 11.9 Å². The number of nitrogens with zero attached hydrogens (tertiary/aromatic N) is 2. The van der Waals surface area contributed by atoms with Crippen LogP contribution in [0.1, 0.15) is 38.7 Å². The minimum atomic E-state index is -1.20. The number of benzene rings is 1. The predicted molar refractivity (Wildman–Crippen MR) is 87.2 cm³/mol. The SMILES string of the molecule is CC(CC(=O)Nc1cnn(C(C)(C)C(=O)O)c1)c1ccc(F)cc1. The highest BCUT2D eigenvalue weighted by molar-refractivity contribution is 5.91. The van der Waals surface area contributed by atoms with Crippen molar-refractivity contribution in [1.82, 2.24) is 9.78 Å². The number of hydrogen-bond donors (Lipinski definition) is 2. The summed E-state index contributed by atoms with van der Waals surface area (Å²) in [7, 11) is 0. The zero-order valence-corrected chi connectivity index (χ0v) is 13.8. The molecule has 2 rings (SSSR count). The van der Waals surface area contributed by atoms with Crippen molar-refractivity contribution >= 4 is 17.6 Å². The minimum Gasteiger partial charge on any atom is -0.479 e. The number of carbonyl (C=O) groups excluding carboxylic acids is 1. The van der Waals surface area contributed by atoms with Gasteiger partial charge in [-0.05, 0) is 37.5 Å². The van der Waals surface area contributed by atoms with E-state index in [1.807, 2.05) is 6.92 Å². The third kappa shape index (κ3) is 3.98. The molecule has 0 saturated heterocycles. The first-order valence-corrected chi connectivity index (χ1v) is 7.54. The van der Waals surface area contributed by atoms with Gasteiger partial charge in [-0.25, -0.2) is 9.18 Å². The predicted octanol–water partition coefficient (Wildman–Crippen LogP) is 2.97. The number of carboxylic acid groups (broad SMARTS) is 1. The van der Waals surface area contributed by atoms with E-state index in [0.29, 0.717) is 5.69 Å². The molecule has 0 saturated carbocycles. The molecule has 2 aromatic rings. The van der Waals surface area contributed by atoms with Gasteiger partial charge in [-0.3, -0.25) is 9.48 Å². The van der Waals surface area contributed by atoms with E-state index in [-0.39, 0.29) is 24.1 Å². The van der Waals surface area contributed by atoms with Crippen molar-refractivity contribution in [2.24, 2.45) is 0 Å². The number of nitrogens with one attached hydrogen (secondary N) is 1. The van der Waals surface area contributed by atoms with E-state index in [1.54, 1.807) is 12.1 Å². The van der Waals surface area contributed by atoms with Gasteiger partial charge in [0.2, 0.25) is 5.91 Å². The van der Waals surface area contributed by atoms with E-state index in [9.17, 15) is 19.1 Å². The Morgan fingerprint density at radius 2 is 1.96 bits per heavy atom. The average Bonchev–Trinajstić information content (AvgIpc) is 2.96. The van der Waals surface area contributed by atoms with Gasteiger partial charge in [0.1, 0.15) is 5.82 Å². The average molecular weight is 333 g/mol. The maximum absolute atomic E-state index is 12.9. The Morgan fingerprint density at radius 3 is 2.54 bits per heavy atom. The molecule has 0 aliphatic heterocycles. The van der Waals surface area contributed by atoms with Crippen LogP contribution in [0, 0.1) is 5.82 Å². The second-order valence-corrected chi connectivity index (χ2v) is 6.24. The molecule has 1 heterocycles. The quantitative estimate of drug-likeness (QED) is 0.851. The third-order valence-corrected chi connectivity index (χ3v) is 3.89. The number of carboxylic acids is 1. The lowest BCUT2D eigenvalue weighted by molar-refractivity contribution is -0.146. The van der Waals surface area contributed by atoms with Crippen LogP contribution >= 0.6 is 0 Å². The van der Waals surface area contributed by atoms with E-state index >= 15 is 0 Å². The molecular formula is C17H20FN3O3. The summed E-state index contributed by atoms with van der Waals surface area (Å²) < 4.78 is 14.2. The maximum Gasteiger partial charge on any atom is 0.331 e. The Labute approximate surface area is 139 Å². The third-order valence-electron chi connectivity index (χ3n) is 3.89. The lowest BCUT2D eigenvalue weighted by atomic mass is 9.97. The largest absolute Gasteiger partial charge is 0.479 e. The summed E-state index contributed by atoms with van der Waals surface area (Å²) in [5.74, 6) is -1.63. The summed E-state index contributed by atoms with van der Waals surface area (Å²) >= 11 is 0. The van der Waals surface area contributed by atoms with Crippen LogP contribution in [-0.2, 0) is 15.1 Å². The zero-order chi connectivity index (χ0) is 17.9. The number of aromatic nitrogens is 2. The molecule has 1 aromatic carbocycles. The number of aliphatic carboxylic acids is 1. The van der Waals surface area contributed by atoms with Gasteiger partial charge in [-0.1, -0.05) is 19.1 Å². The molecule has 7 heteroatoms.